The smallest absolute Gasteiger partial charge is 0.434 e. The number of carbonyl (C=O) groups excluding carboxylic acids is 1. The quantitative estimate of drug-likeness (QED) is 0.901. The van der Waals surface area contributed by atoms with Crippen molar-refractivity contribution in [3.63, 3.8) is 0 Å². The Morgan fingerprint density at radius 3 is 2.88 bits per heavy atom. The van der Waals surface area contributed by atoms with E-state index in [1.54, 1.807) is 0 Å². The number of amides is 1. The molecule has 0 saturated carbocycles. The summed E-state index contributed by atoms with van der Waals surface area (Å²) in [6, 6.07) is 7.58. The van der Waals surface area contributed by atoms with Crippen molar-refractivity contribution in [2.45, 2.75) is 32.1 Å². The van der Waals surface area contributed by atoms with Gasteiger partial charge in [-0.1, -0.05) is 12.1 Å². The number of aromatic amines is 1. The molecule has 128 valence electrons. The topological polar surface area (TPSA) is 88.4 Å². The van der Waals surface area contributed by atoms with Crippen LogP contribution in [0.15, 0.2) is 33.5 Å². The maximum Gasteiger partial charge on any atom is 0.434 e. The molecule has 24 heavy (non-hydrogen) atoms. The molecule has 1 fully saturated rings. The second-order valence-corrected chi connectivity index (χ2v) is 5.88. The summed E-state index contributed by atoms with van der Waals surface area (Å²) in [5, 5.41) is 6.17. The van der Waals surface area contributed by atoms with Gasteiger partial charge in [-0.25, -0.2) is 9.89 Å². The Bertz CT molecular complexity index is 735. The molecule has 7 nitrogen and oxygen atoms in total. The number of hydrogen-bond donors (Lipinski definition) is 1. The molecule has 1 amide bonds. The summed E-state index contributed by atoms with van der Waals surface area (Å²) in [4.78, 5) is 25.4. The minimum atomic E-state index is -0.553. The molecular weight excluding hydrogens is 310 g/mol. The summed E-state index contributed by atoms with van der Waals surface area (Å²) in [6.45, 7) is 3.81. The van der Waals surface area contributed by atoms with Gasteiger partial charge < -0.3 is 14.1 Å². The normalized spacial score (nSPS) is 17.7. The Hall–Kier alpha value is -2.57. The zero-order valence-corrected chi connectivity index (χ0v) is 13.7. The molecule has 0 aliphatic carbocycles. The number of ether oxygens (including phenoxy) is 1. The van der Waals surface area contributed by atoms with Gasteiger partial charge in [0.25, 0.3) is 0 Å². The number of likely N-dealkylation sites (tertiary alicyclic amines) is 1. The van der Waals surface area contributed by atoms with Crippen LogP contribution in [0.5, 0.6) is 5.75 Å². The minimum absolute atomic E-state index is 0.0259. The first-order valence-electron chi connectivity index (χ1n) is 8.20. The number of nitrogens with one attached hydrogen (secondary N) is 1. The molecular formula is C17H21N3O4. The zero-order valence-electron chi connectivity index (χ0n) is 13.7. The third-order valence-corrected chi connectivity index (χ3v) is 4.17. The van der Waals surface area contributed by atoms with Crippen molar-refractivity contribution in [3.8, 4) is 5.75 Å². The van der Waals surface area contributed by atoms with Crippen LogP contribution >= 0.6 is 0 Å². The number of nitrogens with zero attached hydrogens (tertiary/aromatic N) is 2. The molecule has 1 aliphatic rings. The van der Waals surface area contributed by atoms with E-state index in [2.05, 4.69) is 10.2 Å². The van der Waals surface area contributed by atoms with E-state index in [-0.39, 0.29) is 11.8 Å². The first-order chi connectivity index (χ1) is 11.7. The van der Waals surface area contributed by atoms with Crippen LogP contribution in [0.25, 0.3) is 0 Å². The summed E-state index contributed by atoms with van der Waals surface area (Å²) in [7, 11) is 0. The van der Waals surface area contributed by atoms with Crippen LogP contribution in [0.2, 0.25) is 0 Å². The molecule has 2 aromatic rings. The summed E-state index contributed by atoms with van der Waals surface area (Å²) < 4.78 is 10.4. The van der Waals surface area contributed by atoms with Gasteiger partial charge in [0.15, 0.2) is 0 Å². The average molecular weight is 331 g/mol. The van der Waals surface area contributed by atoms with E-state index in [4.69, 9.17) is 9.15 Å². The van der Waals surface area contributed by atoms with Crippen molar-refractivity contribution in [2.75, 3.05) is 19.7 Å². The molecule has 1 aliphatic heterocycles. The van der Waals surface area contributed by atoms with E-state index < -0.39 is 5.76 Å². The van der Waals surface area contributed by atoms with Crippen LogP contribution in [0.1, 0.15) is 37.1 Å². The average Bonchev–Trinajstić information content (AvgIpc) is 3.03. The van der Waals surface area contributed by atoms with Gasteiger partial charge in [0.2, 0.25) is 11.8 Å². The number of benzene rings is 1. The van der Waals surface area contributed by atoms with Crippen LogP contribution in [0.3, 0.4) is 0 Å². The van der Waals surface area contributed by atoms with Gasteiger partial charge in [-0.15, -0.1) is 5.10 Å². The van der Waals surface area contributed by atoms with Crippen molar-refractivity contribution >= 4 is 5.91 Å². The number of aromatic nitrogens is 2. The number of hydrogen-bond acceptors (Lipinski definition) is 5. The summed E-state index contributed by atoms with van der Waals surface area (Å²) in [6.07, 6.45) is 2.08. The molecule has 1 N–H and O–H groups in total. The van der Waals surface area contributed by atoms with Gasteiger partial charge in [0.05, 0.1) is 18.9 Å². The third kappa shape index (κ3) is 3.84. The molecule has 0 bridgehead atoms. The molecule has 2 heterocycles. The number of H-pyrrole nitrogens is 1. The molecule has 0 radical (unpaired) electrons. The van der Waals surface area contributed by atoms with Crippen molar-refractivity contribution in [1.29, 1.82) is 0 Å². The highest BCUT2D eigenvalue weighted by Crippen LogP contribution is 2.25. The van der Waals surface area contributed by atoms with Crippen molar-refractivity contribution in [2.24, 2.45) is 0 Å². The Kier molecular flexibility index (Phi) is 4.98. The lowest BCUT2D eigenvalue weighted by molar-refractivity contribution is -0.131. The van der Waals surface area contributed by atoms with Crippen molar-refractivity contribution in [1.82, 2.24) is 15.1 Å². The molecule has 1 aromatic heterocycles. The fraction of sp³-hybridized carbons (Fsp3) is 0.471. The van der Waals surface area contributed by atoms with Gasteiger partial charge in [0, 0.05) is 13.1 Å². The largest absolute Gasteiger partial charge is 0.494 e. The van der Waals surface area contributed by atoms with Gasteiger partial charge in [-0.2, -0.15) is 0 Å². The number of piperidine rings is 1. The van der Waals surface area contributed by atoms with E-state index in [1.165, 1.54) is 0 Å². The maximum absolute atomic E-state index is 12.5. The molecule has 1 aromatic carbocycles. The lowest BCUT2D eigenvalue weighted by Gasteiger charge is -2.31. The van der Waals surface area contributed by atoms with Crippen LogP contribution in [-0.4, -0.2) is 40.7 Å². The Morgan fingerprint density at radius 1 is 1.42 bits per heavy atom. The van der Waals surface area contributed by atoms with Gasteiger partial charge in [-0.05, 0) is 37.5 Å². The highest BCUT2D eigenvalue weighted by Gasteiger charge is 2.27. The SMILES string of the molecule is CCOc1ccc(CC(=O)N2CCCC(c3n[nH]c(=O)o3)C2)cc1. The Morgan fingerprint density at radius 2 is 2.21 bits per heavy atom. The van der Waals surface area contributed by atoms with Crippen LogP contribution < -0.4 is 10.5 Å². The fourth-order valence-electron chi connectivity index (χ4n) is 2.98. The minimum Gasteiger partial charge on any atom is -0.494 e. The zero-order chi connectivity index (χ0) is 16.9. The van der Waals surface area contributed by atoms with E-state index in [9.17, 15) is 9.59 Å². The summed E-state index contributed by atoms with van der Waals surface area (Å²) in [5.74, 6) is 0.686. The van der Waals surface area contributed by atoms with Crippen molar-refractivity contribution in [3.05, 3.63) is 46.3 Å². The lowest BCUT2D eigenvalue weighted by atomic mass is 9.97. The van der Waals surface area contributed by atoms with E-state index in [1.807, 2.05) is 36.1 Å². The van der Waals surface area contributed by atoms with Gasteiger partial charge in [0.1, 0.15) is 5.75 Å². The standard InChI is InChI=1S/C17H21N3O4/c1-2-23-14-7-5-12(6-8-14)10-15(21)20-9-3-4-13(11-20)16-18-19-17(22)24-16/h5-8,13H,2-4,9-11H2,1H3,(H,19,22). The summed E-state index contributed by atoms with van der Waals surface area (Å²) >= 11 is 0. The maximum atomic E-state index is 12.5. The monoisotopic (exact) mass is 331 g/mol. The third-order valence-electron chi connectivity index (χ3n) is 4.17. The molecule has 1 atom stereocenters. The second kappa shape index (κ2) is 7.33. The highest BCUT2D eigenvalue weighted by molar-refractivity contribution is 5.79. The van der Waals surface area contributed by atoms with E-state index in [0.29, 0.717) is 25.5 Å². The van der Waals surface area contributed by atoms with Crippen LogP contribution in [-0.2, 0) is 11.2 Å². The first kappa shape index (κ1) is 16.3. The highest BCUT2D eigenvalue weighted by atomic mass is 16.5. The molecule has 1 saturated heterocycles. The Balaban J connectivity index is 1.60. The van der Waals surface area contributed by atoms with Crippen LogP contribution in [0, 0.1) is 0 Å². The van der Waals surface area contributed by atoms with E-state index in [0.717, 1.165) is 30.7 Å². The van der Waals surface area contributed by atoms with Gasteiger partial charge >= 0.3 is 5.76 Å². The van der Waals surface area contributed by atoms with Crippen molar-refractivity contribution < 1.29 is 13.9 Å². The molecule has 0 spiro atoms. The molecule has 3 rings (SSSR count). The van der Waals surface area contributed by atoms with Gasteiger partial charge in [-0.3, -0.25) is 4.79 Å². The van der Waals surface area contributed by atoms with E-state index >= 15 is 0 Å². The second-order valence-electron chi connectivity index (χ2n) is 5.88. The molecule has 1 unspecified atom stereocenters. The number of carbonyl (C=O) groups is 1. The lowest BCUT2D eigenvalue weighted by Crippen LogP contribution is -2.40. The molecule has 7 heteroatoms. The fourth-order valence-corrected chi connectivity index (χ4v) is 2.98. The first-order valence-corrected chi connectivity index (χ1v) is 8.20. The summed E-state index contributed by atoms with van der Waals surface area (Å²) in [5.41, 5.74) is 0.955. The van der Waals surface area contributed by atoms with Crippen LogP contribution in [0.4, 0.5) is 0 Å². The predicted molar refractivity (Wildman–Crippen MR) is 87.0 cm³/mol. The predicted octanol–water partition coefficient (Wildman–Crippen LogP) is 1.71. The number of rotatable bonds is 5. The Labute approximate surface area is 139 Å².